The van der Waals surface area contributed by atoms with Crippen LogP contribution in [-0.4, -0.2) is 78.3 Å². The molecule has 0 atom stereocenters. The first-order valence-electron chi connectivity index (χ1n) is 15.1. The third-order valence-electron chi connectivity index (χ3n) is 7.43. The maximum Gasteiger partial charge on any atom is 1.00 e. The van der Waals surface area contributed by atoms with Crippen molar-refractivity contribution in [1.29, 1.82) is 0 Å². The Bertz CT molecular complexity index is 1950. The van der Waals surface area contributed by atoms with E-state index in [2.05, 4.69) is 20.2 Å². The summed E-state index contributed by atoms with van der Waals surface area (Å²) in [5, 5.41) is 10.1. The summed E-state index contributed by atoms with van der Waals surface area (Å²) in [6.45, 7) is 0. The fourth-order valence-electron chi connectivity index (χ4n) is 4.78. The molecule has 0 unspecified atom stereocenters. The minimum Gasteiger partial charge on any atom is -1.00 e. The summed E-state index contributed by atoms with van der Waals surface area (Å²) < 4.78 is 29.1. The van der Waals surface area contributed by atoms with E-state index in [1.54, 1.807) is 65.5 Å². The van der Waals surface area contributed by atoms with Crippen molar-refractivity contribution in [3.8, 4) is 11.6 Å². The first-order chi connectivity index (χ1) is 23.3. The third kappa shape index (κ3) is 11.6. The van der Waals surface area contributed by atoms with Gasteiger partial charge in [-0.15, -0.1) is 0 Å². The Labute approximate surface area is 320 Å². The number of benzene rings is 2. The summed E-state index contributed by atoms with van der Waals surface area (Å²) in [6, 6.07) is 23.6. The molecule has 0 saturated heterocycles. The smallest absolute Gasteiger partial charge is 1.00 e. The number of rotatable bonds is 11. The van der Waals surface area contributed by atoms with Crippen LogP contribution in [0.25, 0.3) is 11.6 Å². The van der Waals surface area contributed by atoms with Gasteiger partial charge in [0.1, 0.15) is 11.6 Å². The van der Waals surface area contributed by atoms with Crippen LogP contribution in [0.2, 0.25) is 0 Å². The van der Waals surface area contributed by atoms with Gasteiger partial charge in [0.25, 0.3) is 5.91 Å². The first-order valence-corrected chi connectivity index (χ1v) is 15.1. The molecule has 51 heavy (non-hydrogen) atoms. The fourth-order valence-corrected chi connectivity index (χ4v) is 4.78. The Morgan fingerprint density at radius 2 is 1.24 bits per heavy atom. The molecule has 0 spiro atoms. The Balaban J connectivity index is 0.000000488. The molecule has 0 aliphatic carbocycles. The van der Waals surface area contributed by atoms with E-state index < -0.39 is 0 Å². The fraction of sp³-hybridized carbons (Fsp3) is 0.189. The van der Waals surface area contributed by atoms with Crippen LogP contribution < -0.4 is 18.9 Å². The van der Waals surface area contributed by atoms with E-state index in [-0.39, 0.29) is 62.6 Å². The van der Waals surface area contributed by atoms with E-state index in [1.807, 2.05) is 36.4 Å². The molecule has 6 aromatic rings. The number of halogens is 2. The zero-order chi connectivity index (χ0) is 33.9. The second-order valence-electron chi connectivity index (χ2n) is 10.6. The molecule has 0 aliphatic heterocycles. The number of aryl methyl sites for hydroxylation is 4. The van der Waals surface area contributed by atoms with Crippen LogP contribution in [0.4, 0.5) is 8.78 Å². The average molecular weight is 704 g/mol. The van der Waals surface area contributed by atoms with Crippen molar-refractivity contribution < 1.29 is 43.5 Å². The number of carbonyl (C=O) groups is 2. The summed E-state index contributed by atoms with van der Waals surface area (Å²) in [4.78, 5) is 37.2. The predicted molar refractivity (Wildman–Crippen MR) is 193 cm³/mol. The Morgan fingerprint density at radius 3 is 1.69 bits per heavy atom. The number of hydrogen-bond acceptors (Lipinski definition) is 7. The van der Waals surface area contributed by atoms with E-state index in [0.717, 1.165) is 22.5 Å². The molecular formula is C37H41AlF2LiN7O3. The molecule has 0 radical (unpaired) electrons. The number of pyridine rings is 2. The molecular weight excluding hydrogens is 662 g/mol. The van der Waals surface area contributed by atoms with Gasteiger partial charge in [0.05, 0.1) is 29.6 Å². The molecule has 0 saturated carbocycles. The minimum atomic E-state index is -0.288. The van der Waals surface area contributed by atoms with Crippen LogP contribution in [0.1, 0.15) is 52.1 Å². The maximum absolute atomic E-state index is 13.1. The zero-order valence-corrected chi connectivity index (χ0v) is 27.4. The Morgan fingerprint density at radius 1 is 0.765 bits per heavy atom. The number of nitrogens with zero attached hydrogens (tertiary/aromatic N) is 7. The van der Waals surface area contributed by atoms with E-state index in [9.17, 15) is 18.4 Å². The zero-order valence-electron chi connectivity index (χ0n) is 28.4. The molecule has 14 heteroatoms. The first kappa shape index (κ1) is 42.4. The molecule has 0 N–H and O–H groups in total. The topological polar surface area (TPSA) is 108 Å². The van der Waals surface area contributed by atoms with E-state index >= 15 is 0 Å². The van der Waals surface area contributed by atoms with Crippen LogP contribution in [0.15, 0.2) is 110 Å². The van der Waals surface area contributed by atoms with Crippen molar-refractivity contribution >= 4 is 29.6 Å². The third-order valence-corrected chi connectivity index (χ3v) is 7.43. The summed E-state index contributed by atoms with van der Waals surface area (Å²) in [7, 11) is 2.98. The van der Waals surface area contributed by atoms with Crippen LogP contribution in [-0.2, 0) is 30.5 Å². The normalized spacial score (nSPS) is 10.0. The molecule has 0 bridgehead atoms. The van der Waals surface area contributed by atoms with E-state index in [4.69, 9.17) is 4.84 Å². The van der Waals surface area contributed by atoms with E-state index in [1.165, 1.54) is 31.4 Å². The van der Waals surface area contributed by atoms with Crippen molar-refractivity contribution in [3.63, 3.8) is 0 Å². The molecule has 4 aromatic heterocycles. The van der Waals surface area contributed by atoms with Crippen molar-refractivity contribution in [2.75, 3.05) is 14.2 Å². The Hall–Kier alpha value is -4.75. The second-order valence-corrected chi connectivity index (χ2v) is 10.6. The maximum atomic E-state index is 13.1. The predicted octanol–water partition coefficient (Wildman–Crippen LogP) is 2.40. The van der Waals surface area contributed by atoms with Gasteiger partial charge in [-0.3, -0.25) is 14.4 Å². The molecule has 1 amide bonds. The quantitative estimate of drug-likeness (QED) is 0.116. The largest absolute Gasteiger partial charge is 1.00 e. The van der Waals surface area contributed by atoms with Gasteiger partial charge in [-0.25, -0.2) is 33.2 Å². The van der Waals surface area contributed by atoms with Gasteiger partial charge in [-0.05, 0) is 85.3 Å². The van der Waals surface area contributed by atoms with Crippen molar-refractivity contribution in [2.24, 2.45) is 0 Å². The van der Waals surface area contributed by atoms with Gasteiger partial charge in [-0.1, -0.05) is 43.8 Å². The number of aldehydes is 1. The summed E-state index contributed by atoms with van der Waals surface area (Å²) in [6.07, 6.45) is 9.94. The van der Waals surface area contributed by atoms with Gasteiger partial charge < -0.3 is 1.43 Å². The number of amides is 1. The van der Waals surface area contributed by atoms with Crippen LogP contribution in [0.3, 0.4) is 0 Å². The molecule has 4 heterocycles. The van der Waals surface area contributed by atoms with Crippen molar-refractivity contribution in [1.82, 2.24) is 34.6 Å². The number of hydroxylamine groups is 2. The standard InChI is InChI=1S/C19H19FN4O2.C17H14FN3O.CH4.Al.Li.4H/c1-23(26-2)19(25)16-13-24(18-5-3-4-12-21-18)22-17(16)11-8-14-6-9-15(20)10-7-14;18-15-7-4-13(5-8-15)6-9-16-14(12-22)11-21(20-16)17-3-1-2-10-19-17;;;;;;;/h3-7,9-10,12-13H,8,11H2,1-2H3;1-5,7-8,10-12H,6,9H2;1H4;;;;;;/q;;;;+1;;;;-1. The number of hydrogen-bond donors (Lipinski definition) is 0. The minimum absolute atomic E-state index is 0. The Kier molecular flexibility index (Phi) is 17.3. The average Bonchev–Trinajstić information content (AvgIpc) is 3.76. The van der Waals surface area contributed by atoms with E-state index in [0.29, 0.717) is 59.8 Å². The van der Waals surface area contributed by atoms with Crippen LogP contribution in [0, 0.1) is 11.6 Å². The molecule has 0 fully saturated rings. The SMILES string of the molecule is C.CON(C)C(=O)c1cn(-c2ccccn2)nc1CCc1ccc(F)cc1.O=Cc1cn(-c2ccccn2)nc1CCc1ccc(F)cc1.[AlH3].[H-].[Li+]. The number of carbonyl (C=O) groups excluding carboxylic acids is 2. The van der Waals surface area contributed by atoms with Crippen LogP contribution >= 0.6 is 0 Å². The number of aromatic nitrogens is 6. The van der Waals surface area contributed by atoms with Gasteiger partial charge in [-0.2, -0.15) is 10.2 Å². The van der Waals surface area contributed by atoms with Crippen molar-refractivity contribution in [3.05, 3.63) is 155 Å². The summed E-state index contributed by atoms with van der Waals surface area (Å²) in [5.41, 5.74) is 4.32. The van der Waals surface area contributed by atoms with Gasteiger partial charge in [0, 0.05) is 31.8 Å². The van der Waals surface area contributed by atoms with Gasteiger partial charge in [0.2, 0.25) is 0 Å². The van der Waals surface area contributed by atoms with Crippen molar-refractivity contribution in [2.45, 2.75) is 33.1 Å². The molecule has 260 valence electrons. The van der Waals surface area contributed by atoms with Gasteiger partial charge >= 0.3 is 18.9 Å². The monoisotopic (exact) mass is 703 g/mol. The molecule has 0 aliphatic rings. The van der Waals surface area contributed by atoms with Gasteiger partial charge in [0.15, 0.2) is 35.3 Å². The molecule has 2 aromatic carbocycles. The van der Waals surface area contributed by atoms with Crippen LogP contribution in [0.5, 0.6) is 0 Å². The molecule has 6 rings (SSSR count). The molecule has 10 nitrogen and oxygen atoms in total. The second kappa shape index (κ2) is 20.8. The summed E-state index contributed by atoms with van der Waals surface area (Å²) >= 11 is 0. The summed E-state index contributed by atoms with van der Waals surface area (Å²) in [5.74, 6) is 0.472.